The van der Waals surface area contributed by atoms with E-state index < -0.39 is 29.7 Å². The standard InChI is InChI=1S/C31H39N3O4S/c1-19(2)34(29(36)26(18-39)33-30(37)38-31(5,6)7)27(25-15-12-20(3)16-21(25)4)28(35)32-24-14-13-22-10-8-9-11-23(22)17-24/h8-17,19,26-27,39H,18H2,1-7H3,(H,32,35)(H,33,37). The van der Waals surface area contributed by atoms with E-state index in [1.54, 1.807) is 20.8 Å². The van der Waals surface area contributed by atoms with E-state index in [-0.39, 0.29) is 17.7 Å². The molecule has 3 rings (SSSR count). The fourth-order valence-corrected chi connectivity index (χ4v) is 4.77. The molecule has 0 saturated carbocycles. The Bertz CT molecular complexity index is 1350. The molecule has 3 amide bonds. The largest absolute Gasteiger partial charge is 0.444 e. The quantitative estimate of drug-likeness (QED) is 0.292. The molecule has 8 heteroatoms. The van der Waals surface area contributed by atoms with Crippen molar-refractivity contribution in [3.05, 3.63) is 77.4 Å². The Balaban J connectivity index is 2.01. The Morgan fingerprint density at radius 1 is 0.949 bits per heavy atom. The lowest BCUT2D eigenvalue weighted by Crippen LogP contribution is -2.55. The van der Waals surface area contributed by atoms with Crippen LogP contribution in [0.2, 0.25) is 0 Å². The number of thiol groups is 1. The number of rotatable bonds is 8. The maximum Gasteiger partial charge on any atom is 0.408 e. The molecule has 0 bridgehead atoms. The van der Waals surface area contributed by atoms with Crippen LogP contribution in [0.25, 0.3) is 10.8 Å². The molecular weight excluding hydrogens is 510 g/mol. The van der Waals surface area contributed by atoms with Crippen molar-refractivity contribution in [2.24, 2.45) is 0 Å². The van der Waals surface area contributed by atoms with Crippen LogP contribution in [0.4, 0.5) is 10.5 Å². The first-order valence-electron chi connectivity index (χ1n) is 13.1. The molecule has 39 heavy (non-hydrogen) atoms. The Morgan fingerprint density at radius 2 is 1.62 bits per heavy atom. The van der Waals surface area contributed by atoms with Gasteiger partial charge in [0.15, 0.2) is 0 Å². The van der Waals surface area contributed by atoms with E-state index in [0.717, 1.165) is 21.9 Å². The molecule has 0 spiro atoms. The number of nitrogens with zero attached hydrogens (tertiary/aromatic N) is 1. The molecule has 3 aromatic carbocycles. The number of fused-ring (bicyclic) bond motifs is 1. The van der Waals surface area contributed by atoms with E-state index in [9.17, 15) is 14.4 Å². The van der Waals surface area contributed by atoms with Gasteiger partial charge in [0.1, 0.15) is 17.7 Å². The average Bonchev–Trinajstić information content (AvgIpc) is 2.84. The molecule has 2 N–H and O–H groups in total. The number of ether oxygens (including phenoxy) is 1. The van der Waals surface area contributed by atoms with Crippen LogP contribution < -0.4 is 10.6 Å². The van der Waals surface area contributed by atoms with Crippen molar-refractivity contribution in [3.63, 3.8) is 0 Å². The Labute approximate surface area is 236 Å². The van der Waals surface area contributed by atoms with Crippen molar-refractivity contribution < 1.29 is 19.1 Å². The second-order valence-electron chi connectivity index (χ2n) is 11.0. The van der Waals surface area contributed by atoms with Gasteiger partial charge in [-0.15, -0.1) is 0 Å². The molecule has 0 aliphatic heterocycles. The van der Waals surface area contributed by atoms with Crippen LogP contribution in [-0.2, 0) is 14.3 Å². The predicted octanol–water partition coefficient (Wildman–Crippen LogP) is 6.20. The van der Waals surface area contributed by atoms with Crippen LogP contribution in [0.3, 0.4) is 0 Å². The lowest BCUT2D eigenvalue weighted by molar-refractivity contribution is -0.142. The maximum atomic E-state index is 14.0. The highest BCUT2D eigenvalue weighted by atomic mass is 32.1. The van der Waals surface area contributed by atoms with Crippen molar-refractivity contribution in [2.75, 3.05) is 11.1 Å². The van der Waals surface area contributed by atoms with Gasteiger partial charge in [0, 0.05) is 17.5 Å². The van der Waals surface area contributed by atoms with E-state index in [1.165, 1.54) is 4.90 Å². The highest BCUT2D eigenvalue weighted by molar-refractivity contribution is 7.80. The van der Waals surface area contributed by atoms with E-state index in [0.29, 0.717) is 11.3 Å². The molecular formula is C31H39N3O4S. The number of amides is 3. The Hall–Kier alpha value is -3.52. The summed E-state index contributed by atoms with van der Waals surface area (Å²) in [4.78, 5) is 42.0. The number of carbonyl (C=O) groups is 3. The average molecular weight is 550 g/mol. The van der Waals surface area contributed by atoms with Gasteiger partial charge in [0.2, 0.25) is 5.91 Å². The molecule has 0 fully saturated rings. The van der Waals surface area contributed by atoms with Crippen LogP contribution in [-0.4, -0.2) is 46.2 Å². The fraction of sp³-hybridized carbons (Fsp3) is 0.387. The number of nitrogens with one attached hydrogen (secondary N) is 2. The van der Waals surface area contributed by atoms with E-state index in [2.05, 4.69) is 23.3 Å². The van der Waals surface area contributed by atoms with Crippen LogP contribution in [0.5, 0.6) is 0 Å². The summed E-state index contributed by atoms with van der Waals surface area (Å²) in [6.45, 7) is 12.8. The first-order valence-corrected chi connectivity index (χ1v) is 13.7. The molecule has 2 atom stereocenters. The molecule has 2 unspecified atom stereocenters. The SMILES string of the molecule is Cc1ccc(C(C(=O)Nc2ccc3ccccc3c2)N(C(=O)C(CS)NC(=O)OC(C)(C)C)C(C)C)c(C)c1. The monoisotopic (exact) mass is 549 g/mol. The summed E-state index contributed by atoms with van der Waals surface area (Å²) >= 11 is 4.34. The summed E-state index contributed by atoms with van der Waals surface area (Å²) in [6, 6.07) is 17.1. The van der Waals surface area contributed by atoms with Crippen molar-refractivity contribution in [2.45, 2.75) is 72.2 Å². The van der Waals surface area contributed by atoms with Gasteiger partial charge in [-0.2, -0.15) is 12.6 Å². The highest BCUT2D eigenvalue weighted by Crippen LogP contribution is 2.30. The maximum absolute atomic E-state index is 14.0. The zero-order valence-electron chi connectivity index (χ0n) is 23.7. The minimum atomic E-state index is -0.993. The molecule has 0 aliphatic rings. The molecule has 3 aromatic rings. The molecule has 0 aliphatic carbocycles. The van der Waals surface area contributed by atoms with E-state index in [1.807, 2.05) is 88.4 Å². The van der Waals surface area contributed by atoms with Gasteiger partial charge in [0.25, 0.3) is 5.91 Å². The Kier molecular flexibility index (Phi) is 9.67. The smallest absolute Gasteiger partial charge is 0.408 e. The minimum absolute atomic E-state index is 0.0349. The van der Waals surface area contributed by atoms with Gasteiger partial charge >= 0.3 is 6.09 Å². The number of alkyl carbamates (subject to hydrolysis) is 1. The number of hydrogen-bond acceptors (Lipinski definition) is 5. The molecule has 0 aromatic heterocycles. The molecule has 0 saturated heterocycles. The summed E-state index contributed by atoms with van der Waals surface area (Å²) in [6.07, 6.45) is -0.720. The van der Waals surface area contributed by atoms with Gasteiger partial charge in [0.05, 0.1) is 0 Å². The van der Waals surface area contributed by atoms with E-state index >= 15 is 0 Å². The summed E-state index contributed by atoms with van der Waals surface area (Å²) in [5.41, 5.74) is 2.54. The summed E-state index contributed by atoms with van der Waals surface area (Å²) in [7, 11) is 0. The molecule has 7 nitrogen and oxygen atoms in total. The third-order valence-electron chi connectivity index (χ3n) is 6.25. The summed E-state index contributed by atoms with van der Waals surface area (Å²) in [5, 5.41) is 7.72. The first kappa shape index (κ1) is 30.0. The zero-order chi connectivity index (χ0) is 28.9. The number of carbonyl (C=O) groups excluding carboxylic acids is 3. The summed E-state index contributed by atoms with van der Waals surface area (Å²) < 4.78 is 5.37. The number of hydrogen-bond donors (Lipinski definition) is 3. The van der Waals surface area contributed by atoms with Crippen LogP contribution >= 0.6 is 12.6 Å². The van der Waals surface area contributed by atoms with Crippen molar-refractivity contribution >= 4 is 47.0 Å². The normalized spacial score (nSPS) is 13.1. The van der Waals surface area contributed by atoms with E-state index in [4.69, 9.17) is 4.74 Å². The molecule has 0 heterocycles. The minimum Gasteiger partial charge on any atom is -0.444 e. The van der Waals surface area contributed by atoms with Crippen LogP contribution in [0.1, 0.15) is 57.4 Å². The van der Waals surface area contributed by atoms with Crippen LogP contribution in [0.15, 0.2) is 60.7 Å². The molecule has 208 valence electrons. The predicted molar refractivity (Wildman–Crippen MR) is 160 cm³/mol. The Morgan fingerprint density at radius 3 is 2.21 bits per heavy atom. The van der Waals surface area contributed by atoms with Crippen LogP contribution in [0, 0.1) is 13.8 Å². The molecule has 0 radical (unpaired) electrons. The van der Waals surface area contributed by atoms with Gasteiger partial charge in [-0.25, -0.2) is 4.79 Å². The van der Waals surface area contributed by atoms with Crippen molar-refractivity contribution in [1.82, 2.24) is 10.2 Å². The number of aryl methyl sites for hydroxylation is 2. The summed E-state index contributed by atoms with van der Waals surface area (Å²) in [5.74, 6) is -0.744. The number of anilines is 1. The second-order valence-corrected chi connectivity index (χ2v) is 11.4. The zero-order valence-corrected chi connectivity index (χ0v) is 24.6. The van der Waals surface area contributed by atoms with Gasteiger partial charge in [-0.3, -0.25) is 9.59 Å². The van der Waals surface area contributed by atoms with Gasteiger partial charge in [-0.1, -0.05) is 54.1 Å². The second kappa shape index (κ2) is 12.6. The fourth-order valence-electron chi connectivity index (χ4n) is 4.52. The lowest BCUT2D eigenvalue weighted by Gasteiger charge is -2.37. The third-order valence-corrected chi connectivity index (χ3v) is 6.61. The van der Waals surface area contributed by atoms with Crippen molar-refractivity contribution in [1.29, 1.82) is 0 Å². The van der Waals surface area contributed by atoms with Crippen molar-refractivity contribution in [3.8, 4) is 0 Å². The first-order chi connectivity index (χ1) is 18.3. The highest BCUT2D eigenvalue weighted by Gasteiger charge is 2.38. The number of benzene rings is 3. The lowest BCUT2D eigenvalue weighted by atomic mass is 9.95. The third kappa shape index (κ3) is 7.76. The van der Waals surface area contributed by atoms with Gasteiger partial charge in [-0.05, 0) is 82.5 Å². The topological polar surface area (TPSA) is 87.7 Å². The van der Waals surface area contributed by atoms with Gasteiger partial charge < -0.3 is 20.3 Å².